The standard InChI is InChI=1S/C25H22N2/c26-17-22(15-20-11-5-9-18-7-1-3-13-23(18)20)25(27)16-21-12-6-10-19-8-2-4-14-24(19)21/h1-15,27H,16-17,26H2. The Hall–Kier alpha value is -3.23. The van der Waals surface area contributed by atoms with Crippen LogP contribution in [-0.4, -0.2) is 12.3 Å². The zero-order valence-electron chi connectivity index (χ0n) is 15.2. The van der Waals surface area contributed by atoms with E-state index in [-0.39, 0.29) is 0 Å². The van der Waals surface area contributed by atoms with Gasteiger partial charge in [-0.2, -0.15) is 0 Å². The van der Waals surface area contributed by atoms with Crippen molar-refractivity contribution >= 4 is 33.3 Å². The molecule has 132 valence electrons. The van der Waals surface area contributed by atoms with Crippen molar-refractivity contribution in [1.82, 2.24) is 0 Å². The molecule has 4 aromatic carbocycles. The maximum Gasteiger partial charge on any atom is 0.0402 e. The van der Waals surface area contributed by atoms with Crippen molar-refractivity contribution in [2.75, 3.05) is 6.54 Å². The van der Waals surface area contributed by atoms with Crippen LogP contribution in [0, 0.1) is 5.41 Å². The first-order chi connectivity index (χ1) is 13.3. The molecule has 0 aromatic heterocycles. The number of nitrogens with one attached hydrogen (secondary N) is 1. The highest BCUT2D eigenvalue weighted by Gasteiger charge is 2.09. The Bertz CT molecular complexity index is 1140. The lowest BCUT2D eigenvalue weighted by atomic mass is 9.95. The van der Waals surface area contributed by atoms with E-state index >= 15 is 0 Å². The second-order valence-corrected chi connectivity index (χ2v) is 6.74. The highest BCUT2D eigenvalue weighted by molar-refractivity contribution is 6.06. The molecule has 2 heteroatoms. The first-order valence-corrected chi connectivity index (χ1v) is 9.19. The van der Waals surface area contributed by atoms with Crippen LogP contribution in [-0.2, 0) is 6.42 Å². The quantitative estimate of drug-likeness (QED) is 0.452. The van der Waals surface area contributed by atoms with Crippen molar-refractivity contribution in [3.05, 3.63) is 102 Å². The predicted octanol–water partition coefficient (Wildman–Crippen LogP) is 5.60. The fourth-order valence-electron chi connectivity index (χ4n) is 3.58. The normalized spacial score (nSPS) is 11.8. The van der Waals surface area contributed by atoms with E-state index < -0.39 is 0 Å². The predicted molar refractivity (Wildman–Crippen MR) is 116 cm³/mol. The molecule has 0 fully saturated rings. The van der Waals surface area contributed by atoms with Crippen LogP contribution in [0.15, 0.2) is 90.5 Å². The van der Waals surface area contributed by atoms with E-state index in [1.807, 2.05) is 24.3 Å². The van der Waals surface area contributed by atoms with Gasteiger partial charge < -0.3 is 11.1 Å². The van der Waals surface area contributed by atoms with E-state index in [0.29, 0.717) is 18.7 Å². The number of fused-ring (bicyclic) bond motifs is 2. The Kier molecular flexibility index (Phi) is 4.82. The lowest BCUT2D eigenvalue weighted by Gasteiger charge is -2.11. The molecule has 0 aliphatic rings. The Morgan fingerprint density at radius 1 is 0.741 bits per heavy atom. The molecule has 0 amide bonds. The van der Waals surface area contributed by atoms with Crippen molar-refractivity contribution in [3.63, 3.8) is 0 Å². The first-order valence-electron chi connectivity index (χ1n) is 9.19. The maximum absolute atomic E-state index is 8.67. The molecule has 0 radical (unpaired) electrons. The van der Waals surface area contributed by atoms with E-state index in [9.17, 15) is 0 Å². The van der Waals surface area contributed by atoms with Gasteiger partial charge in [0.15, 0.2) is 0 Å². The number of hydrogen-bond donors (Lipinski definition) is 2. The zero-order valence-corrected chi connectivity index (χ0v) is 15.2. The molecule has 0 bridgehead atoms. The van der Waals surface area contributed by atoms with Gasteiger partial charge >= 0.3 is 0 Å². The molecule has 27 heavy (non-hydrogen) atoms. The van der Waals surface area contributed by atoms with Gasteiger partial charge in [0.2, 0.25) is 0 Å². The molecule has 0 atom stereocenters. The van der Waals surface area contributed by atoms with Crippen LogP contribution >= 0.6 is 0 Å². The third-order valence-corrected chi connectivity index (χ3v) is 5.01. The SMILES string of the molecule is N=C(Cc1cccc2ccccc12)C(=Cc1cccc2ccccc12)CN. The monoisotopic (exact) mass is 350 g/mol. The molecule has 0 saturated heterocycles. The Morgan fingerprint density at radius 2 is 1.33 bits per heavy atom. The summed E-state index contributed by atoms with van der Waals surface area (Å²) >= 11 is 0. The minimum absolute atomic E-state index is 0.354. The molecule has 0 unspecified atom stereocenters. The highest BCUT2D eigenvalue weighted by atomic mass is 14.6. The lowest BCUT2D eigenvalue weighted by molar-refractivity contribution is 1.17. The van der Waals surface area contributed by atoms with Crippen molar-refractivity contribution in [2.45, 2.75) is 6.42 Å². The van der Waals surface area contributed by atoms with Crippen LogP contribution in [0.3, 0.4) is 0 Å². The van der Waals surface area contributed by atoms with E-state index in [1.165, 1.54) is 21.5 Å². The number of rotatable bonds is 5. The van der Waals surface area contributed by atoms with Crippen molar-refractivity contribution < 1.29 is 0 Å². The molecular weight excluding hydrogens is 328 g/mol. The van der Waals surface area contributed by atoms with Crippen LogP contribution in [0.25, 0.3) is 27.6 Å². The van der Waals surface area contributed by atoms with Crippen LogP contribution in [0.4, 0.5) is 0 Å². The summed E-state index contributed by atoms with van der Waals surface area (Å²) in [5.74, 6) is 0. The maximum atomic E-state index is 8.67. The van der Waals surface area contributed by atoms with Gasteiger partial charge in [0, 0.05) is 18.7 Å². The second kappa shape index (κ2) is 7.56. The topological polar surface area (TPSA) is 49.9 Å². The summed E-state index contributed by atoms with van der Waals surface area (Å²) in [6.07, 6.45) is 2.64. The third-order valence-electron chi connectivity index (χ3n) is 5.01. The van der Waals surface area contributed by atoms with Crippen molar-refractivity contribution in [2.24, 2.45) is 5.73 Å². The Morgan fingerprint density at radius 3 is 2.07 bits per heavy atom. The van der Waals surface area contributed by atoms with Crippen molar-refractivity contribution in [1.29, 1.82) is 5.41 Å². The van der Waals surface area contributed by atoms with Crippen LogP contribution in [0.5, 0.6) is 0 Å². The summed E-state index contributed by atoms with van der Waals surface area (Å²) in [6, 6.07) is 29.1. The molecule has 0 spiro atoms. The Labute approximate surface area is 159 Å². The van der Waals surface area contributed by atoms with Gasteiger partial charge in [0.1, 0.15) is 0 Å². The van der Waals surface area contributed by atoms with Gasteiger partial charge in [-0.25, -0.2) is 0 Å². The summed E-state index contributed by atoms with van der Waals surface area (Å²) in [7, 11) is 0. The lowest BCUT2D eigenvalue weighted by Crippen LogP contribution is -2.14. The first kappa shape index (κ1) is 17.2. The van der Waals surface area contributed by atoms with Crippen LogP contribution in [0.2, 0.25) is 0 Å². The Balaban J connectivity index is 1.69. The van der Waals surface area contributed by atoms with E-state index in [1.54, 1.807) is 0 Å². The van der Waals surface area contributed by atoms with E-state index in [2.05, 4.69) is 66.7 Å². The summed E-state index contributed by atoms with van der Waals surface area (Å²) in [6.45, 7) is 0.354. The second-order valence-electron chi connectivity index (χ2n) is 6.74. The van der Waals surface area contributed by atoms with E-state index in [0.717, 1.165) is 16.7 Å². The van der Waals surface area contributed by atoms with Gasteiger partial charge in [-0.3, -0.25) is 0 Å². The minimum atomic E-state index is 0.354. The molecule has 3 N–H and O–H groups in total. The third kappa shape index (κ3) is 3.53. The van der Waals surface area contributed by atoms with Crippen LogP contribution in [0.1, 0.15) is 11.1 Å². The zero-order chi connectivity index (χ0) is 18.6. The molecule has 0 saturated carbocycles. The minimum Gasteiger partial charge on any atom is -0.326 e. The molecule has 4 rings (SSSR count). The smallest absolute Gasteiger partial charge is 0.0402 e. The van der Waals surface area contributed by atoms with Gasteiger partial charge in [0.25, 0.3) is 0 Å². The number of hydrogen-bond acceptors (Lipinski definition) is 2. The number of nitrogens with two attached hydrogens (primary N) is 1. The van der Waals surface area contributed by atoms with Gasteiger partial charge in [-0.15, -0.1) is 0 Å². The van der Waals surface area contributed by atoms with Crippen LogP contribution < -0.4 is 5.73 Å². The summed E-state index contributed by atoms with van der Waals surface area (Å²) in [5, 5.41) is 13.5. The van der Waals surface area contributed by atoms with Gasteiger partial charge in [-0.05, 0) is 44.3 Å². The average Bonchev–Trinajstić information content (AvgIpc) is 2.72. The van der Waals surface area contributed by atoms with Gasteiger partial charge in [-0.1, -0.05) is 84.9 Å². The fourth-order valence-corrected chi connectivity index (χ4v) is 3.58. The van der Waals surface area contributed by atoms with E-state index in [4.69, 9.17) is 11.1 Å². The molecule has 4 aromatic rings. The summed E-state index contributed by atoms with van der Waals surface area (Å²) < 4.78 is 0. The molecule has 0 heterocycles. The molecule has 0 aliphatic carbocycles. The van der Waals surface area contributed by atoms with Gasteiger partial charge in [0.05, 0.1) is 0 Å². The largest absolute Gasteiger partial charge is 0.326 e. The number of benzene rings is 4. The summed E-state index contributed by atoms with van der Waals surface area (Å²) in [5.41, 5.74) is 9.74. The molecule has 2 nitrogen and oxygen atoms in total. The van der Waals surface area contributed by atoms with Crippen molar-refractivity contribution in [3.8, 4) is 0 Å². The highest BCUT2D eigenvalue weighted by Crippen LogP contribution is 2.23. The molecular formula is C25H22N2. The summed E-state index contributed by atoms with van der Waals surface area (Å²) in [4.78, 5) is 0. The fraction of sp³-hybridized carbons (Fsp3) is 0.0800. The average molecular weight is 350 g/mol. The molecule has 0 aliphatic heterocycles.